The van der Waals surface area contributed by atoms with Crippen LogP contribution in [0.25, 0.3) is 10.2 Å². The van der Waals surface area contributed by atoms with Crippen LogP contribution in [0.2, 0.25) is 0 Å². The van der Waals surface area contributed by atoms with E-state index in [0.717, 1.165) is 15.2 Å². The molecule has 0 aliphatic heterocycles. The number of carbonyl (C=O) groups excluding carboxylic acids is 1. The molecule has 3 rings (SSSR count). The number of hydrogen-bond donors (Lipinski definition) is 1. The molecule has 1 aromatic heterocycles. The summed E-state index contributed by atoms with van der Waals surface area (Å²) in [5, 5.41) is 9.73. The minimum absolute atomic E-state index is 0.100. The largest absolute Gasteiger partial charge is 0.481 e. The number of carboxylic acid groups (broad SMARTS) is 1. The average Bonchev–Trinajstić information content (AvgIpc) is 3.12. The van der Waals surface area contributed by atoms with E-state index in [1.165, 1.54) is 0 Å². The number of amides is 1. The normalized spacial score (nSPS) is 20.9. The molecule has 0 saturated heterocycles. The Morgan fingerprint density at radius 2 is 2.15 bits per heavy atom. The summed E-state index contributed by atoms with van der Waals surface area (Å²) in [5.41, 5.74) is 0.934. The van der Waals surface area contributed by atoms with Crippen molar-refractivity contribution < 1.29 is 14.7 Å². The van der Waals surface area contributed by atoms with E-state index in [2.05, 4.69) is 4.98 Å². The number of aliphatic carboxylic acids is 1. The smallest absolute Gasteiger partial charge is 0.307 e. The van der Waals surface area contributed by atoms with Crippen molar-refractivity contribution in [2.75, 3.05) is 7.05 Å². The van der Waals surface area contributed by atoms with Gasteiger partial charge in [0.1, 0.15) is 5.01 Å². The topological polar surface area (TPSA) is 70.5 Å². The first-order valence-corrected chi connectivity index (χ1v) is 7.20. The highest BCUT2D eigenvalue weighted by molar-refractivity contribution is 7.18. The van der Waals surface area contributed by atoms with E-state index < -0.39 is 11.9 Å². The first-order chi connectivity index (χ1) is 9.56. The molecular weight excluding hydrogens is 276 g/mol. The quantitative estimate of drug-likeness (QED) is 0.934. The van der Waals surface area contributed by atoms with Gasteiger partial charge in [0.05, 0.1) is 28.6 Å². The van der Waals surface area contributed by atoms with Crippen LogP contribution in [0.15, 0.2) is 24.3 Å². The molecule has 5 nitrogen and oxygen atoms in total. The maximum absolute atomic E-state index is 12.1. The van der Waals surface area contributed by atoms with Crippen molar-refractivity contribution in [2.24, 2.45) is 11.8 Å². The molecule has 6 heteroatoms. The van der Waals surface area contributed by atoms with E-state index >= 15 is 0 Å². The van der Waals surface area contributed by atoms with E-state index in [4.69, 9.17) is 5.11 Å². The van der Waals surface area contributed by atoms with Crippen LogP contribution in [0, 0.1) is 11.8 Å². The number of para-hydroxylation sites is 1. The third kappa shape index (κ3) is 2.38. The molecule has 0 unspecified atom stereocenters. The summed E-state index contributed by atoms with van der Waals surface area (Å²) in [5.74, 6) is -1.83. The van der Waals surface area contributed by atoms with Gasteiger partial charge in [-0.2, -0.15) is 0 Å². The number of carboxylic acids is 1. The van der Waals surface area contributed by atoms with Gasteiger partial charge in [0.25, 0.3) is 0 Å². The highest BCUT2D eigenvalue weighted by Gasteiger charge is 2.49. The van der Waals surface area contributed by atoms with Gasteiger partial charge in [0, 0.05) is 7.05 Å². The number of hydrogen-bond acceptors (Lipinski definition) is 4. The number of nitrogens with zero attached hydrogens (tertiary/aromatic N) is 2. The van der Waals surface area contributed by atoms with Gasteiger partial charge in [0.2, 0.25) is 5.91 Å². The highest BCUT2D eigenvalue weighted by atomic mass is 32.1. The van der Waals surface area contributed by atoms with E-state index in [-0.39, 0.29) is 11.8 Å². The van der Waals surface area contributed by atoms with Gasteiger partial charge in [-0.3, -0.25) is 9.59 Å². The Morgan fingerprint density at radius 3 is 2.80 bits per heavy atom. The standard InChI is InChI=1S/C14H14N2O3S/c1-16(13(17)8-6-9(8)14(18)19)7-12-15-10-4-2-3-5-11(10)20-12/h2-5,8-9H,6-7H2,1H3,(H,18,19)/t8-,9+/m0/s1. The molecule has 0 bridgehead atoms. The summed E-state index contributed by atoms with van der Waals surface area (Å²) in [6, 6.07) is 7.83. The van der Waals surface area contributed by atoms with Crippen molar-refractivity contribution in [3.8, 4) is 0 Å². The summed E-state index contributed by atoms with van der Waals surface area (Å²) in [6.07, 6.45) is 0.457. The van der Waals surface area contributed by atoms with Crippen molar-refractivity contribution in [3.05, 3.63) is 29.3 Å². The molecule has 1 N–H and O–H groups in total. The Kier molecular flexibility index (Phi) is 3.17. The molecule has 0 spiro atoms. The Morgan fingerprint density at radius 1 is 1.40 bits per heavy atom. The van der Waals surface area contributed by atoms with Gasteiger partial charge >= 0.3 is 5.97 Å². The summed E-state index contributed by atoms with van der Waals surface area (Å²) in [4.78, 5) is 28.9. The minimum atomic E-state index is -0.878. The fourth-order valence-electron chi connectivity index (χ4n) is 2.29. The van der Waals surface area contributed by atoms with Crippen molar-refractivity contribution in [2.45, 2.75) is 13.0 Å². The Hall–Kier alpha value is -1.95. The zero-order valence-corrected chi connectivity index (χ0v) is 11.8. The highest BCUT2D eigenvalue weighted by Crippen LogP contribution is 2.40. The molecule has 20 heavy (non-hydrogen) atoms. The Labute approximate surface area is 119 Å². The van der Waals surface area contributed by atoms with Crippen LogP contribution in [0.3, 0.4) is 0 Å². The molecular formula is C14H14N2O3S. The lowest BCUT2D eigenvalue weighted by Crippen LogP contribution is -2.28. The van der Waals surface area contributed by atoms with Gasteiger partial charge in [-0.1, -0.05) is 12.1 Å². The Bertz CT molecular complexity index is 649. The third-order valence-electron chi connectivity index (χ3n) is 3.51. The second-order valence-electron chi connectivity index (χ2n) is 5.06. The fraction of sp³-hybridized carbons (Fsp3) is 0.357. The second-order valence-corrected chi connectivity index (χ2v) is 6.17. The number of aromatic nitrogens is 1. The first kappa shape index (κ1) is 13.1. The molecule has 1 fully saturated rings. The van der Waals surface area contributed by atoms with Gasteiger partial charge < -0.3 is 10.0 Å². The average molecular weight is 290 g/mol. The summed E-state index contributed by atoms with van der Waals surface area (Å²) in [7, 11) is 1.70. The lowest BCUT2D eigenvalue weighted by Gasteiger charge is -2.15. The van der Waals surface area contributed by atoms with Crippen molar-refractivity contribution in [1.82, 2.24) is 9.88 Å². The molecule has 1 aromatic carbocycles. The van der Waals surface area contributed by atoms with E-state index in [1.807, 2.05) is 24.3 Å². The van der Waals surface area contributed by atoms with Gasteiger partial charge in [-0.25, -0.2) is 4.98 Å². The summed E-state index contributed by atoms with van der Waals surface area (Å²) in [6.45, 7) is 0.432. The molecule has 1 aliphatic carbocycles. The maximum atomic E-state index is 12.1. The lowest BCUT2D eigenvalue weighted by molar-refractivity contribution is -0.141. The fourth-order valence-corrected chi connectivity index (χ4v) is 3.31. The van der Waals surface area contributed by atoms with E-state index in [9.17, 15) is 9.59 Å². The Balaban J connectivity index is 1.68. The van der Waals surface area contributed by atoms with Crippen molar-refractivity contribution in [1.29, 1.82) is 0 Å². The third-order valence-corrected chi connectivity index (χ3v) is 4.53. The summed E-state index contributed by atoms with van der Waals surface area (Å²) < 4.78 is 1.10. The van der Waals surface area contributed by atoms with Crippen LogP contribution in [0.5, 0.6) is 0 Å². The minimum Gasteiger partial charge on any atom is -0.481 e. The number of fused-ring (bicyclic) bond motifs is 1. The van der Waals surface area contributed by atoms with Gasteiger partial charge in [0.15, 0.2) is 0 Å². The number of carbonyl (C=O) groups is 2. The molecule has 1 aliphatic rings. The number of benzene rings is 1. The number of rotatable bonds is 4. The van der Waals surface area contributed by atoms with Crippen LogP contribution >= 0.6 is 11.3 Å². The second kappa shape index (κ2) is 4.86. The number of thiazole rings is 1. The predicted molar refractivity (Wildman–Crippen MR) is 75.3 cm³/mol. The van der Waals surface area contributed by atoms with Crippen molar-refractivity contribution >= 4 is 33.4 Å². The maximum Gasteiger partial charge on any atom is 0.307 e. The molecule has 2 aromatic rings. The van der Waals surface area contributed by atoms with Gasteiger partial charge in [-0.15, -0.1) is 11.3 Å². The molecule has 1 amide bonds. The zero-order chi connectivity index (χ0) is 14.3. The summed E-state index contributed by atoms with van der Waals surface area (Å²) >= 11 is 1.56. The molecule has 104 valence electrons. The van der Waals surface area contributed by atoms with Crippen LogP contribution in [-0.4, -0.2) is 33.9 Å². The van der Waals surface area contributed by atoms with Crippen molar-refractivity contribution in [3.63, 3.8) is 0 Å². The molecule has 2 atom stereocenters. The van der Waals surface area contributed by atoms with E-state index in [1.54, 1.807) is 23.3 Å². The SMILES string of the molecule is CN(Cc1nc2ccccc2s1)C(=O)[C@H]1C[C@H]1C(=O)O. The van der Waals surface area contributed by atoms with E-state index in [0.29, 0.717) is 13.0 Å². The van der Waals surface area contributed by atoms with Crippen LogP contribution in [0.1, 0.15) is 11.4 Å². The predicted octanol–water partition coefficient (Wildman–Crippen LogP) is 1.98. The first-order valence-electron chi connectivity index (χ1n) is 6.38. The van der Waals surface area contributed by atoms with Gasteiger partial charge in [-0.05, 0) is 18.6 Å². The zero-order valence-electron chi connectivity index (χ0n) is 10.9. The van der Waals surface area contributed by atoms with Crippen LogP contribution < -0.4 is 0 Å². The van der Waals surface area contributed by atoms with Crippen LogP contribution in [0.4, 0.5) is 0 Å². The van der Waals surface area contributed by atoms with Crippen LogP contribution in [-0.2, 0) is 16.1 Å². The lowest BCUT2D eigenvalue weighted by atomic mass is 10.3. The molecule has 0 radical (unpaired) electrons. The molecule has 1 heterocycles. The monoisotopic (exact) mass is 290 g/mol. The molecule has 1 saturated carbocycles.